The van der Waals surface area contributed by atoms with Crippen molar-refractivity contribution in [3.63, 3.8) is 0 Å². The molecule has 15 heavy (non-hydrogen) atoms. The maximum absolute atomic E-state index is 11.4. The average molecular weight is 276 g/mol. The lowest BCUT2D eigenvalue weighted by Crippen LogP contribution is -2.24. The number of amides is 1. The normalized spacial score (nSPS) is 10.2. The monoisotopic (exact) mass is 275 g/mol. The van der Waals surface area contributed by atoms with Gasteiger partial charge in [0, 0.05) is 24.7 Å². The molecule has 1 rings (SSSR count). The van der Waals surface area contributed by atoms with Crippen molar-refractivity contribution < 1.29 is 9.53 Å². The average Bonchev–Trinajstić information content (AvgIpc) is 2.76. The van der Waals surface area contributed by atoms with Crippen LogP contribution in [0.25, 0.3) is 0 Å². The zero-order chi connectivity index (χ0) is 10.9. The Hall–Kier alpha value is -0.880. The molecule has 1 aromatic rings. The summed E-state index contributed by atoms with van der Waals surface area (Å²) in [5.74, 6) is -0.107. The quantitative estimate of drug-likeness (QED) is 0.575. The SMILES string of the molecule is O=C(NCCCOCCBr)c1cn[nH]c1. The Bertz CT molecular complexity index is 277. The van der Waals surface area contributed by atoms with Gasteiger partial charge >= 0.3 is 0 Å². The van der Waals surface area contributed by atoms with Gasteiger partial charge in [0.15, 0.2) is 0 Å². The van der Waals surface area contributed by atoms with Crippen molar-refractivity contribution in [1.29, 1.82) is 0 Å². The van der Waals surface area contributed by atoms with Crippen molar-refractivity contribution in [2.45, 2.75) is 6.42 Å². The zero-order valence-electron chi connectivity index (χ0n) is 8.33. The van der Waals surface area contributed by atoms with Gasteiger partial charge in [-0.1, -0.05) is 15.9 Å². The van der Waals surface area contributed by atoms with E-state index in [1.165, 1.54) is 6.20 Å². The summed E-state index contributed by atoms with van der Waals surface area (Å²) in [6, 6.07) is 0. The van der Waals surface area contributed by atoms with Crippen molar-refractivity contribution in [2.75, 3.05) is 25.1 Å². The first kappa shape index (κ1) is 12.2. The fourth-order valence-corrected chi connectivity index (χ4v) is 1.24. The molecule has 6 heteroatoms. The highest BCUT2D eigenvalue weighted by Gasteiger charge is 2.04. The van der Waals surface area contributed by atoms with Crippen molar-refractivity contribution in [3.05, 3.63) is 18.0 Å². The first-order valence-corrected chi connectivity index (χ1v) is 5.87. The van der Waals surface area contributed by atoms with Gasteiger partial charge in [0.1, 0.15) is 0 Å². The Balaban J connectivity index is 2.03. The minimum Gasteiger partial charge on any atom is -0.381 e. The third-order valence-corrected chi connectivity index (χ3v) is 2.06. The molecular formula is C9H14BrN3O2. The van der Waals surface area contributed by atoms with Gasteiger partial charge in [-0.3, -0.25) is 9.89 Å². The summed E-state index contributed by atoms with van der Waals surface area (Å²) in [5, 5.41) is 9.90. The van der Waals surface area contributed by atoms with Crippen molar-refractivity contribution in [2.24, 2.45) is 0 Å². The molecule has 0 atom stereocenters. The Kier molecular flexibility index (Phi) is 6.03. The standard InChI is InChI=1S/C9H14BrN3O2/c10-2-5-15-4-1-3-11-9(14)8-6-12-13-7-8/h6-7H,1-5H2,(H,11,14)(H,12,13). The number of carbonyl (C=O) groups is 1. The number of hydrogen-bond donors (Lipinski definition) is 2. The van der Waals surface area contributed by atoms with Crippen LogP contribution in [-0.2, 0) is 4.74 Å². The fourth-order valence-electron chi connectivity index (χ4n) is 1.01. The van der Waals surface area contributed by atoms with Crippen molar-refractivity contribution in [1.82, 2.24) is 15.5 Å². The molecule has 0 saturated heterocycles. The molecule has 0 unspecified atom stereocenters. The number of aromatic amines is 1. The second-order valence-electron chi connectivity index (χ2n) is 2.90. The van der Waals surface area contributed by atoms with E-state index in [4.69, 9.17) is 4.74 Å². The van der Waals surface area contributed by atoms with E-state index in [9.17, 15) is 4.79 Å². The van der Waals surface area contributed by atoms with E-state index in [0.29, 0.717) is 25.3 Å². The third kappa shape index (κ3) is 4.94. The van der Waals surface area contributed by atoms with Crippen molar-refractivity contribution >= 4 is 21.8 Å². The van der Waals surface area contributed by atoms with E-state index in [1.54, 1.807) is 6.20 Å². The lowest BCUT2D eigenvalue weighted by molar-refractivity contribution is 0.0945. The van der Waals surface area contributed by atoms with Gasteiger partial charge in [-0.2, -0.15) is 5.10 Å². The van der Waals surface area contributed by atoms with Crippen LogP contribution in [0.3, 0.4) is 0 Å². The Labute approximate surface area is 96.7 Å². The molecule has 0 aliphatic heterocycles. The maximum Gasteiger partial charge on any atom is 0.254 e. The number of rotatable bonds is 7. The van der Waals surface area contributed by atoms with Gasteiger partial charge < -0.3 is 10.1 Å². The summed E-state index contributed by atoms with van der Waals surface area (Å²) < 4.78 is 5.24. The Morgan fingerprint density at radius 1 is 1.60 bits per heavy atom. The van der Waals surface area contributed by atoms with E-state index in [1.807, 2.05) is 0 Å². The molecule has 0 bridgehead atoms. The van der Waals surface area contributed by atoms with Crippen LogP contribution < -0.4 is 5.32 Å². The van der Waals surface area contributed by atoms with E-state index in [0.717, 1.165) is 11.8 Å². The summed E-state index contributed by atoms with van der Waals surface area (Å²) in [6.07, 6.45) is 3.88. The smallest absolute Gasteiger partial charge is 0.254 e. The molecule has 0 fully saturated rings. The van der Waals surface area contributed by atoms with Crippen LogP contribution in [0.5, 0.6) is 0 Å². The van der Waals surface area contributed by atoms with Crippen LogP contribution in [0.1, 0.15) is 16.8 Å². The number of H-pyrrole nitrogens is 1. The number of carbonyl (C=O) groups excluding carboxylic acids is 1. The molecular weight excluding hydrogens is 262 g/mol. The molecule has 0 aromatic carbocycles. The molecule has 0 aliphatic carbocycles. The van der Waals surface area contributed by atoms with E-state index in [-0.39, 0.29) is 5.91 Å². The van der Waals surface area contributed by atoms with Gasteiger partial charge in [-0.25, -0.2) is 0 Å². The largest absolute Gasteiger partial charge is 0.381 e. The first-order valence-electron chi connectivity index (χ1n) is 4.75. The molecule has 0 aliphatic rings. The number of ether oxygens (including phenoxy) is 1. The second kappa shape index (κ2) is 7.42. The van der Waals surface area contributed by atoms with Gasteiger partial charge in [-0.05, 0) is 6.42 Å². The summed E-state index contributed by atoms with van der Waals surface area (Å²) >= 11 is 3.26. The molecule has 2 N–H and O–H groups in total. The molecule has 84 valence electrons. The van der Waals surface area contributed by atoms with Gasteiger partial charge in [0.05, 0.1) is 18.4 Å². The molecule has 1 heterocycles. The van der Waals surface area contributed by atoms with Gasteiger partial charge in [0.2, 0.25) is 0 Å². The van der Waals surface area contributed by atoms with E-state index in [2.05, 4.69) is 31.4 Å². The Morgan fingerprint density at radius 3 is 3.13 bits per heavy atom. The van der Waals surface area contributed by atoms with Crippen LogP contribution in [0.2, 0.25) is 0 Å². The minimum absolute atomic E-state index is 0.107. The lowest BCUT2D eigenvalue weighted by Gasteiger charge is -2.03. The maximum atomic E-state index is 11.4. The summed E-state index contributed by atoms with van der Waals surface area (Å²) in [4.78, 5) is 11.4. The van der Waals surface area contributed by atoms with Gasteiger partial charge in [0.25, 0.3) is 5.91 Å². The van der Waals surface area contributed by atoms with Crippen LogP contribution >= 0.6 is 15.9 Å². The number of halogens is 1. The van der Waals surface area contributed by atoms with Crippen LogP contribution in [0.4, 0.5) is 0 Å². The first-order chi connectivity index (χ1) is 7.34. The topological polar surface area (TPSA) is 67.0 Å². The number of nitrogens with one attached hydrogen (secondary N) is 2. The molecule has 5 nitrogen and oxygen atoms in total. The highest BCUT2D eigenvalue weighted by molar-refractivity contribution is 9.09. The second-order valence-corrected chi connectivity index (χ2v) is 3.69. The van der Waals surface area contributed by atoms with Crippen LogP contribution in [0.15, 0.2) is 12.4 Å². The molecule has 1 aromatic heterocycles. The lowest BCUT2D eigenvalue weighted by atomic mass is 10.3. The summed E-state index contributed by atoms with van der Waals surface area (Å²) in [7, 11) is 0. The molecule has 1 amide bonds. The summed E-state index contributed by atoms with van der Waals surface area (Å²) in [6.45, 7) is 1.99. The van der Waals surface area contributed by atoms with Crippen LogP contribution in [-0.4, -0.2) is 41.2 Å². The van der Waals surface area contributed by atoms with Crippen LogP contribution in [0, 0.1) is 0 Å². The highest BCUT2D eigenvalue weighted by Crippen LogP contribution is 1.92. The Morgan fingerprint density at radius 2 is 2.47 bits per heavy atom. The molecule has 0 radical (unpaired) electrons. The fraction of sp³-hybridized carbons (Fsp3) is 0.556. The third-order valence-electron chi connectivity index (χ3n) is 1.73. The van der Waals surface area contributed by atoms with Gasteiger partial charge in [-0.15, -0.1) is 0 Å². The number of hydrogen-bond acceptors (Lipinski definition) is 3. The molecule has 0 spiro atoms. The predicted octanol–water partition coefficient (Wildman–Crippen LogP) is 0.941. The highest BCUT2D eigenvalue weighted by atomic mass is 79.9. The molecule has 0 saturated carbocycles. The van der Waals surface area contributed by atoms with E-state index < -0.39 is 0 Å². The summed E-state index contributed by atoms with van der Waals surface area (Å²) in [5.41, 5.74) is 0.552. The number of aromatic nitrogens is 2. The van der Waals surface area contributed by atoms with Crippen molar-refractivity contribution in [3.8, 4) is 0 Å². The predicted molar refractivity (Wildman–Crippen MR) is 60.2 cm³/mol. The zero-order valence-corrected chi connectivity index (χ0v) is 9.92. The number of alkyl halides is 1. The van der Waals surface area contributed by atoms with E-state index >= 15 is 0 Å². The number of nitrogens with zero attached hydrogens (tertiary/aromatic N) is 1. The minimum atomic E-state index is -0.107.